The average Bonchev–Trinajstić information content (AvgIpc) is 2.76. The molecule has 2 N–H and O–H groups in total. The number of likely N-dealkylation sites (tertiary alicyclic amines) is 1. The van der Waals surface area contributed by atoms with Gasteiger partial charge in [-0.05, 0) is 68.8 Å². The molecule has 1 heterocycles. The number of aryl methyl sites for hydroxylation is 1. The van der Waals surface area contributed by atoms with Crippen molar-refractivity contribution in [2.24, 2.45) is 5.41 Å². The van der Waals surface area contributed by atoms with Crippen molar-refractivity contribution in [1.29, 1.82) is 0 Å². The van der Waals surface area contributed by atoms with Gasteiger partial charge in [-0.1, -0.05) is 36.4 Å². The van der Waals surface area contributed by atoms with Crippen LogP contribution >= 0.6 is 0 Å². The molecule has 4 nitrogen and oxygen atoms in total. The SMILES string of the molecule is CCOc1ccc(CN2CCC[C@@](CO)(CCCc3ccccc3)C2)cc1CO. The number of hydrogen-bond acceptors (Lipinski definition) is 4. The number of aliphatic hydroxyl groups excluding tert-OH is 2. The second kappa shape index (κ2) is 10.8. The monoisotopic (exact) mass is 397 g/mol. The standard InChI is InChI=1S/C25H35NO3/c1-2-29-24-12-11-22(16-23(24)18-27)17-26-15-7-14-25(19-26,20-28)13-6-10-21-8-4-3-5-9-21/h3-5,8-9,11-12,16,27-28H,2,6-7,10,13-15,17-20H2,1H3/t25-/m0/s1. The minimum absolute atomic E-state index is 0.00188. The van der Waals surface area contributed by atoms with Crippen molar-refractivity contribution in [2.75, 3.05) is 26.3 Å². The summed E-state index contributed by atoms with van der Waals surface area (Å²) in [5.41, 5.74) is 3.41. The van der Waals surface area contributed by atoms with Gasteiger partial charge in [0.25, 0.3) is 0 Å². The molecule has 29 heavy (non-hydrogen) atoms. The number of aliphatic hydroxyl groups is 2. The van der Waals surface area contributed by atoms with Crippen LogP contribution in [0.15, 0.2) is 48.5 Å². The van der Waals surface area contributed by atoms with Crippen molar-refractivity contribution < 1.29 is 14.9 Å². The number of piperidine rings is 1. The molecule has 0 saturated carbocycles. The summed E-state index contributed by atoms with van der Waals surface area (Å²) in [4.78, 5) is 2.46. The first-order valence-corrected chi connectivity index (χ1v) is 10.9. The van der Waals surface area contributed by atoms with Gasteiger partial charge in [-0.2, -0.15) is 0 Å². The zero-order chi connectivity index (χ0) is 20.5. The van der Waals surface area contributed by atoms with Crippen LogP contribution in [-0.4, -0.2) is 41.4 Å². The second-order valence-electron chi connectivity index (χ2n) is 8.34. The van der Waals surface area contributed by atoms with Gasteiger partial charge in [0.1, 0.15) is 5.75 Å². The summed E-state index contributed by atoms with van der Waals surface area (Å²) >= 11 is 0. The van der Waals surface area contributed by atoms with E-state index in [-0.39, 0.29) is 18.6 Å². The van der Waals surface area contributed by atoms with Crippen LogP contribution in [0, 0.1) is 5.41 Å². The molecule has 0 unspecified atom stereocenters. The molecule has 1 aliphatic heterocycles. The molecule has 0 bridgehead atoms. The molecule has 0 radical (unpaired) electrons. The predicted octanol–water partition coefficient (Wildman–Crippen LogP) is 4.18. The predicted molar refractivity (Wildman–Crippen MR) is 117 cm³/mol. The molecule has 2 aromatic rings. The van der Waals surface area contributed by atoms with Gasteiger partial charge in [-0.15, -0.1) is 0 Å². The molecule has 4 heteroatoms. The Morgan fingerprint density at radius 3 is 2.62 bits per heavy atom. The first-order chi connectivity index (χ1) is 14.2. The summed E-state index contributed by atoms with van der Waals surface area (Å²) in [5.74, 6) is 0.767. The van der Waals surface area contributed by atoms with Crippen molar-refractivity contribution in [3.8, 4) is 5.75 Å². The molecule has 2 aromatic carbocycles. The highest BCUT2D eigenvalue weighted by Crippen LogP contribution is 2.35. The van der Waals surface area contributed by atoms with Crippen LogP contribution in [0.2, 0.25) is 0 Å². The fraction of sp³-hybridized carbons (Fsp3) is 0.520. The smallest absolute Gasteiger partial charge is 0.124 e. The number of rotatable bonds is 10. The third kappa shape index (κ3) is 6.05. The van der Waals surface area contributed by atoms with E-state index >= 15 is 0 Å². The fourth-order valence-electron chi connectivity index (χ4n) is 4.58. The first-order valence-electron chi connectivity index (χ1n) is 10.9. The summed E-state index contributed by atoms with van der Waals surface area (Å²) in [7, 11) is 0. The van der Waals surface area contributed by atoms with E-state index in [2.05, 4.69) is 47.4 Å². The third-order valence-corrected chi connectivity index (χ3v) is 6.09. The maximum Gasteiger partial charge on any atom is 0.124 e. The average molecular weight is 398 g/mol. The number of hydrogen-bond donors (Lipinski definition) is 2. The van der Waals surface area contributed by atoms with E-state index in [1.165, 1.54) is 11.1 Å². The molecule has 0 spiro atoms. The molecule has 1 atom stereocenters. The molecule has 1 fully saturated rings. The van der Waals surface area contributed by atoms with Crippen molar-refractivity contribution in [2.45, 2.75) is 52.2 Å². The van der Waals surface area contributed by atoms with Crippen molar-refractivity contribution in [3.05, 3.63) is 65.2 Å². The van der Waals surface area contributed by atoms with Gasteiger partial charge < -0.3 is 14.9 Å². The van der Waals surface area contributed by atoms with Gasteiger partial charge in [0.05, 0.1) is 13.2 Å². The highest BCUT2D eigenvalue weighted by molar-refractivity contribution is 5.37. The minimum atomic E-state index is -0.0107. The molecule has 0 aliphatic carbocycles. The Morgan fingerprint density at radius 1 is 1.07 bits per heavy atom. The van der Waals surface area contributed by atoms with Crippen molar-refractivity contribution in [1.82, 2.24) is 4.90 Å². The maximum absolute atomic E-state index is 10.2. The summed E-state index contributed by atoms with van der Waals surface area (Å²) < 4.78 is 5.60. The van der Waals surface area contributed by atoms with Crippen LogP contribution in [-0.2, 0) is 19.6 Å². The van der Waals surface area contributed by atoms with E-state index in [1.54, 1.807) is 0 Å². The number of nitrogens with zero attached hydrogens (tertiary/aromatic N) is 1. The minimum Gasteiger partial charge on any atom is -0.494 e. The van der Waals surface area contributed by atoms with Gasteiger partial charge in [-0.25, -0.2) is 0 Å². The second-order valence-corrected chi connectivity index (χ2v) is 8.34. The third-order valence-electron chi connectivity index (χ3n) is 6.09. The fourth-order valence-corrected chi connectivity index (χ4v) is 4.58. The van der Waals surface area contributed by atoms with E-state index in [0.717, 1.165) is 63.1 Å². The lowest BCUT2D eigenvalue weighted by Crippen LogP contribution is -2.45. The Kier molecular flexibility index (Phi) is 8.10. The highest BCUT2D eigenvalue weighted by Gasteiger charge is 2.34. The first kappa shape index (κ1) is 21.8. The lowest BCUT2D eigenvalue weighted by atomic mass is 9.76. The Bertz CT molecular complexity index is 749. The number of benzene rings is 2. The van der Waals surface area contributed by atoms with Crippen LogP contribution in [0.4, 0.5) is 0 Å². The highest BCUT2D eigenvalue weighted by atomic mass is 16.5. The van der Waals surface area contributed by atoms with Gasteiger partial charge in [0.2, 0.25) is 0 Å². The normalized spacial score (nSPS) is 20.0. The van der Waals surface area contributed by atoms with Crippen molar-refractivity contribution >= 4 is 0 Å². The topological polar surface area (TPSA) is 52.9 Å². The van der Waals surface area contributed by atoms with E-state index in [0.29, 0.717) is 6.61 Å². The lowest BCUT2D eigenvalue weighted by molar-refractivity contribution is 0.0207. The Labute approximate surface area is 175 Å². The van der Waals surface area contributed by atoms with E-state index in [4.69, 9.17) is 4.74 Å². The van der Waals surface area contributed by atoms with E-state index < -0.39 is 0 Å². The van der Waals surface area contributed by atoms with Crippen LogP contribution in [0.1, 0.15) is 49.3 Å². The molecular formula is C25H35NO3. The molecular weight excluding hydrogens is 362 g/mol. The van der Waals surface area contributed by atoms with Crippen LogP contribution in [0.3, 0.4) is 0 Å². The maximum atomic E-state index is 10.2. The Hall–Kier alpha value is -1.88. The summed E-state index contributed by atoms with van der Waals surface area (Å²) in [6.07, 6.45) is 5.45. The van der Waals surface area contributed by atoms with Crippen LogP contribution in [0.5, 0.6) is 5.75 Å². The molecule has 158 valence electrons. The quantitative estimate of drug-likeness (QED) is 0.632. The summed E-state index contributed by atoms with van der Waals surface area (Å²) in [6, 6.07) is 16.7. The summed E-state index contributed by atoms with van der Waals surface area (Å²) in [5, 5.41) is 19.9. The van der Waals surface area contributed by atoms with Gasteiger partial charge >= 0.3 is 0 Å². The summed E-state index contributed by atoms with van der Waals surface area (Å²) in [6.45, 7) is 5.63. The van der Waals surface area contributed by atoms with Crippen LogP contribution in [0.25, 0.3) is 0 Å². The molecule has 3 rings (SSSR count). The van der Waals surface area contributed by atoms with E-state index in [1.807, 2.05) is 13.0 Å². The largest absolute Gasteiger partial charge is 0.494 e. The zero-order valence-electron chi connectivity index (χ0n) is 17.6. The molecule has 0 aromatic heterocycles. The number of ether oxygens (including phenoxy) is 1. The molecule has 1 aliphatic rings. The van der Waals surface area contributed by atoms with Gasteiger partial charge in [0, 0.05) is 30.7 Å². The Balaban J connectivity index is 1.59. The molecule has 0 amide bonds. The van der Waals surface area contributed by atoms with Crippen LogP contribution < -0.4 is 4.74 Å². The lowest BCUT2D eigenvalue weighted by Gasteiger charge is -2.42. The van der Waals surface area contributed by atoms with Gasteiger partial charge in [0.15, 0.2) is 0 Å². The van der Waals surface area contributed by atoms with E-state index in [9.17, 15) is 10.2 Å². The van der Waals surface area contributed by atoms with Crippen molar-refractivity contribution in [3.63, 3.8) is 0 Å². The zero-order valence-corrected chi connectivity index (χ0v) is 17.6. The Morgan fingerprint density at radius 2 is 1.90 bits per heavy atom. The van der Waals surface area contributed by atoms with Gasteiger partial charge in [-0.3, -0.25) is 4.90 Å². The molecule has 1 saturated heterocycles.